The van der Waals surface area contributed by atoms with E-state index in [4.69, 9.17) is 0 Å². The number of aryl methyl sites for hydroxylation is 1. The fraction of sp³-hybridized carbons (Fsp3) is 0.353. The lowest BCUT2D eigenvalue weighted by Crippen LogP contribution is -2.19. The van der Waals surface area contributed by atoms with Crippen LogP contribution in [0.25, 0.3) is 0 Å². The number of rotatable bonds is 3. The van der Waals surface area contributed by atoms with Gasteiger partial charge in [0.2, 0.25) is 5.91 Å². The van der Waals surface area contributed by atoms with Crippen molar-refractivity contribution in [3.8, 4) is 0 Å². The Balaban J connectivity index is 1.61. The van der Waals surface area contributed by atoms with E-state index in [0.717, 1.165) is 29.7 Å². The summed E-state index contributed by atoms with van der Waals surface area (Å²) in [7, 11) is 0. The first-order valence-corrected chi connectivity index (χ1v) is 7.87. The molecular weight excluding hydrogens is 292 g/mol. The highest BCUT2D eigenvalue weighted by Gasteiger charge is 2.35. The van der Waals surface area contributed by atoms with E-state index in [-0.39, 0.29) is 17.7 Å². The van der Waals surface area contributed by atoms with E-state index >= 15 is 0 Å². The predicted molar refractivity (Wildman–Crippen MR) is 85.3 cm³/mol. The molecular formula is C17H18N4O2. The zero-order valence-electron chi connectivity index (χ0n) is 12.9. The molecule has 1 aromatic heterocycles. The van der Waals surface area contributed by atoms with Gasteiger partial charge in [0.05, 0.1) is 5.69 Å². The van der Waals surface area contributed by atoms with Crippen LogP contribution in [0, 0.1) is 12.8 Å². The number of amides is 1. The molecule has 1 aliphatic heterocycles. The largest absolute Gasteiger partial charge is 0.307 e. The van der Waals surface area contributed by atoms with Gasteiger partial charge in [-0.2, -0.15) is 0 Å². The van der Waals surface area contributed by atoms with Crippen LogP contribution in [0.3, 0.4) is 0 Å². The van der Waals surface area contributed by atoms with Gasteiger partial charge in [0.1, 0.15) is 0 Å². The molecule has 118 valence electrons. The molecule has 1 aliphatic carbocycles. The number of hydrogen-bond donors (Lipinski definition) is 2. The third-order valence-electron chi connectivity index (χ3n) is 4.37. The normalized spacial score (nSPS) is 16.2. The van der Waals surface area contributed by atoms with Gasteiger partial charge >= 0.3 is 0 Å². The monoisotopic (exact) mass is 310 g/mol. The number of fused-ring (bicyclic) bond motifs is 1. The van der Waals surface area contributed by atoms with Gasteiger partial charge < -0.3 is 10.6 Å². The van der Waals surface area contributed by atoms with Crippen LogP contribution in [-0.2, 0) is 13.1 Å². The van der Waals surface area contributed by atoms with E-state index in [0.29, 0.717) is 24.5 Å². The highest BCUT2D eigenvalue weighted by molar-refractivity contribution is 6.04. The molecule has 1 amide bonds. The average Bonchev–Trinajstić information content (AvgIpc) is 3.19. The average molecular weight is 310 g/mol. The molecule has 6 nitrogen and oxygen atoms in total. The van der Waals surface area contributed by atoms with Gasteiger partial charge in [-0.25, -0.2) is 4.68 Å². The molecule has 0 radical (unpaired) electrons. The molecule has 0 spiro atoms. The summed E-state index contributed by atoms with van der Waals surface area (Å²) < 4.78 is 1.48. The summed E-state index contributed by atoms with van der Waals surface area (Å²) in [5, 5.41) is 10.4. The number of anilines is 1. The Kier molecular flexibility index (Phi) is 3.27. The van der Waals surface area contributed by atoms with Gasteiger partial charge in [0, 0.05) is 30.1 Å². The molecule has 1 aromatic carbocycles. The van der Waals surface area contributed by atoms with Crippen LogP contribution < -0.4 is 10.6 Å². The summed E-state index contributed by atoms with van der Waals surface area (Å²) in [5.41, 5.74) is 3.48. The van der Waals surface area contributed by atoms with E-state index in [1.165, 1.54) is 4.68 Å². The first-order valence-electron chi connectivity index (χ1n) is 7.87. The minimum atomic E-state index is -0.205. The zero-order valence-corrected chi connectivity index (χ0v) is 12.9. The Morgan fingerprint density at radius 2 is 1.96 bits per heavy atom. The smallest absolute Gasteiger partial charge is 0.256 e. The summed E-state index contributed by atoms with van der Waals surface area (Å²) in [6.45, 7) is 3.21. The zero-order chi connectivity index (χ0) is 16.0. The number of carbonyl (C=O) groups is 2. The molecule has 4 rings (SSSR count). The second-order valence-corrected chi connectivity index (χ2v) is 6.22. The van der Waals surface area contributed by atoms with E-state index in [1.807, 2.05) is 19.1 Å². The fourth-order valence-corrected chi connectivity index (χ4v) is 2.83. The minimum absolute atomic E-state index is 0.0424. The first kappa shape index (κ1) is 14.1. The summed E-state index contributed by atoms with van der Waals surface area (Å²) in [5.74, 6) is 0.425. The van der Waals surface area contributed by atoms with Crippen molar-refractivity contribution in [2.24, 2.45) is 5.92 Å². The Hall–Kier alpha value is -2.47. The molecule has 0 bridgehead atoms. The van der Waals surface area contributed by atoms with Crippen LogP contribution in [0.1, 0.15) is 44.8 Å². The number of aromatic nitrogens is 2. The van der Waals surface area contributed by atoms with E-state index in [1.54, 1.807) is 12.1 Å². The van der Waals surface area contributed by atoms with E-state index < -0.39 is 0 Å². The molecule has 2 aromatic rings. The second-order valence-electron chi connectivity index (χ2n) is 6.22. The standard InChI is InChI=1S/C17H18N4O2/c1-10-2-4-11(5-3-10)16(22)19-15-13-8-18-9-14(13)21(20-15)17(23)12-6-7-12/h2-5,12,18H,6-9H2,1H3,(H,19,20,22). The van der Waals surface area contributed by atoms with E-state index in [2.05, 4.69) is 15.7 Å². The highest BCUT2D eigenvalue weighted by atomic mass is 16.2. The lowest BCUT2D eigenvalue weighted by molar-refractivity contribution is 0.0865. The lowest BCUT2D eigenvalue weighted by Gasteiger charge is -2.05. The molecule has 23 heavy (non-hydrogen) atoms. The van der Waals surface area contributed by atoms with Crippen molar-refractivity contribution in [1.29, 1.82) is 0 Å². The van der Waals surface area contributed by atoms with Gasteiger partial charge in [-0.3, -0.25) is 9.59 Å². The molecule has 0 unspecified atom stereocenters. The van der Waals surface area contributed by atoms with Crippen molar-refractivity contribution in [2.75, 3.05) is 5.32 Å². The van der Waals surface area contributed by atoms with Crippen LogP contribution in [-0.4, -0.2) is 21.6 Å². The van der Waals surface area contributed by atoms with Crippen molar-refractivity contribution in [2.45, 2.75) is 32.9 Å². The van der Waals surface area contributed by atoms with Crippen molar-refractivity contribution >= 4 is 17.6 Å². The van der Waals surface area contributed by atoms with Gasteiger partial charge in [-0.1, -0.05) is 17.7 Å². The van der Waals surface area contributed by atoms with Crippen LogP contribution in [0.4, 0.5) is 5.82 Å². The molecule has 2 heterocycles. The predicted octanol–water partition coefficient (Wildman–Crippen LogP) is 2.10. The maximum atomic E-state index is 12.4. The quantitative estimate of drug-likeness (QED) is 0.910. The Morgan fingerprint density at radius 1 is 1.22 bits per heavy atom. The highest BCUT2D eigenvalue weighted by Crippen LogP contribution is 2.33. The van der Waals surface area contributed by atoms with Crippen molar-refractivity contribution < 1.29 is 9.59 Å². The van der Waals surface area contributed by atoms with Gasteiger partial charge in [0.15, 0.2) is 5.82 Å². The summed E-state index contributed by atoms with van der Waals surface area (Å²) in [4.78, 5) is 24.7. The summed E-state index contributed by atoms with van der Waals surface area (Å²) in [6.07, 6.45) is 1.87. The summed E-state index contributed by atoms with van der Waals surface area (Å²) >= 11 is 0. The Labute approximate surface area is 133 Å². The maximum absolute atomic E-state index is 12.4. The van der Waals surface area contributed by atoms with Crippen molar-refractivity contribution in [3.63, 3.8) is 0 Å². The summed E-state index contributed by atoms with van der Waals surface area (Å²) in [6, 6.07) is 7.37. The maximum Gasteiger partial charge on any atom is 0.256 e. The molecule has 0 saturated heterocycles. The molecule has 0 atom stereocenters. The SMILES string of the molecule is Cc1ccc(C(=O)Nc2nn(C(=O)C3CC3)c3c2CNC3)cc1. The van der Waals surface area contributed by atoms with Crippen LogP contribution in [0.15, 0.2) is 24.3 Å². The topological polar surface area (TPSA) is 76.0 Å². The number of benzene rings is 1. The van der Waals surface area contributed by atoms with E-state index in [9.17, 15) is 9.59 Å². The first-order chi connectivity index (χ1) is 11.1. The second kappa shape index (κ2) is 5.31. The van der Waals surface area contributed by atoms with Crippen LogP contribution in [0.2, 0.25) is 0 Å². The van der Waals surface area contributed by atoms with Gasteiger partial charge in [-0.05, 0) is 31.9 Å². The minimum Gasteiger partial charge on any atom is -0.307 e. The molecule has 2 aliphatic rings. The third kappa shape index (κ3) is 2.55. The number of nitrogens with one attached hydrogen (secondary N) is 2. The van der Waals surface area contributed by atoms with Gasteiger partial charge in [0.25, 0.3) is 5.91 Å². The Bertz CT molecular complexity index is 788. The fourth-order valence-electron chi connectivity index (χ4n) is 2.83. The van der Waals surface area contributed by atoms with Gasteiger partial charge in [-0.15, -0.1) is 5.10 Å². The number of nitrogens with zero attached hydrogens (tertiary/aromatic N) is 2. The molecule has 1 saturated carbocycles. The van der Waals surface area contributed by atoms with Crippen LogP contribution >= 0.6 is 0 Å². The number of carbonyl (C=O) groups excluding carboxylic acids is 2. The molecule has 1 fully saturated rings. The van der Waals surface area contributed by atoms with Crippen molar-refractivity contribution in [1.82, 2.24) is 15.1 Å². The third-order valence-corrected chi connectivity index (χ3v) is 4.37. The van der Waals surface area contributed by atoms with Crippen LogP contribution in [0.5, 0.6) is 0 Å². The molecule has 2 N–H and O–H groups in total. The molecule has 6 heteroatoms. The lowest BCUT2D eigenvalue weighted by atomic mass is 10.1. The number of hydrogen-bond acceptors (Lipinski definition) is 4. The van der Waals surface area contributed by atoms with Crippen molar-refractivity contribution in [3.05, 3.63) is 46.6 Å². The Morgan fingerprint density at radius 3 is 2.65 bits per heavy atom.